The summed E-state index contributed by atoms with van der Waals surface area (Å²) in [5.41, 5.74) is 2.54. The maximum Gasteiger partial charge on any atom is 0.159 e. The number of nitrogens with zero attached hydrogens (tertiary/aromatic N) is 4. The molecule has 0 aliphatic heterocycles. The number of ether oxygens (including phenoxy) is 1. The molecule has 0 fully saturated rings. The first-order valence-electron chi connectivity index (χ1n) is 5.59. The second-order valence-electron chi connectivity index (χ2n) is 4.11. The van der Waals surface area contributed by atoms with Gasteiger partial charge < -0.3 is 4.74 Å². The quantitative estimate of drug-likeness (QED) is 0.801. The van der Waals surface area contributed by atoms with Crippen LogP contribution in [-0.2, 0) is 11.8 Å². The number of aromatic nitrogens is 4. The summed E-state index contributed by atoms with van der Waals surface area (Å²) in [6.45, 7) is 3.86. The summed E-state index contributed by atoms with van der Waals surface area (Å²) in [6, 6.07) is 3.66. The fraction of sp³-hybridized carbons (Fsp3) is 0.417. The van der Waals surface area contributed by atoms with Crippen molar-refractivity contribution in [2.75, 3.05) is 7.11 Å². The van der Waals surface area contributed by atoms with E-state index >= 15 is 0 Å². The highest BCUT2D eigenvalue weighted by Gasteiger charge is 2.13. The van der Waals surface area contributed by atoms with Gasteiger partial charge in [0, 0.05) is 25.9 Å². The predicted octanol–water partition coefficient (Wildman–Crippen LogP) is 2.55. The summed E-state index contributed by atoms with van der Waals surface area (Å²) in [5, 5.41) is 4.77. The molecule has 0 bridgehead atoms. The van der Waals surface area contributed by atoms with Gasteiger partial charge in [-0.05, 0) is 19.9 Å². The molecule has 0 aliphatic carbocycles. The minimum absolute atomic E-state index is 0.202. The van der Waals surface area contributed by atoms with Crippen LogP contribution < -0.4 is 0 Å². The third-order valence-corrected chi connectivity index (χ3v) is 3.00. The Labute approximate surface area is 111 Å². The molecule has 0 aliphatic rings. The lowest BCUT2D eigenvalue weighted by Crippen LogP contribution is -2.04. The molecule has 0 amide bonds. The van der Waals surface area contributed by atoms with Crippen LogP contribution in [0.5, 0.6) is 0 Å². The van der Waals surface area contributed by atoms with E-state index in [1.165, 1.54) is 0 Å². The molecular weight excluding hydrogens is 252 g/mol. The second kappa shape index (κ2) is 5.04. The molecule has 2 rings (SSSR count). The Morgan fingerprint density at radius 3 is 2.56 bits per heavy atom. The zero-order valence-electron chi connectivity index (χ0n) is 10.8. The normalized spacial score (nSPS) is 12.7. The molecule has 0 radical (unpaired) electrons. The van der Waals surface area contributed by atoms with Crippen molar-refractivity contribution in [3.8, 4) is 11.4 Å². The molecule has 0 spiro atoms. The highest BCUT2D eigenvalue weighted by molar-refractivity contribution is 6.29. The van der Waals surface area contributed by atoms with Crippen molar-refractivity contribution in [3.05, 3.63) is 28.8 Å². The van der Waals surface area contributed by atoms with Crippen molar-refractivity contribution in [2.24, 2.45) is 7.05 Å². The number of hydrogen-bond acceptors (Lipinski definition) is 4. The summed E-state index contributed by atoms with van der Waals surface area (Å²) in [6.07, 6.45) is -0.202. The molecule has 1 atom stereocenters. The third-order valence-electron chi connectivity index (χ3n) is 2.81. The zero-order valence-corrected chi connectivity index (χ0v) is 11.6. The minimum atomic E-state index is -0.202. The molecule has 0 saturated carbocycles. The van der Waals surface area contributed by atoms with Gasteiger partial charge in [-0.3, -0.25) is 4.68 Å². The molecule has 0 unspecified atom stereocenters. The lowest BCUT2D eigenvalue weighted by atomic mass is 10.2. The van der Waals surface area contributed by atoms with Crippen molar-refractivity contribution >= 4 is 11.6 Å². The Kier molecular flexibility index (Phi) is 3.63. The topological polar surface area (TPSA) is 52.8 Å². The summed E-state index contributed by atoms with van der Waals surface area (Å²) >= 11 is 6.01. The van der Waals surface area contributed by atoms with E-state index in [1.807, 2.05) is 27.0 Å². The van der Waals surface area contributed by atoms with E-state index in [9.17, 15) is 0 Å². The van der Waals surface area contributed by atoms with E-state index < -0.39 is 0 Å². The number of methoxy groups -OCH3 is 1. The van der Waals surface area contributed by atoms with Crippen molar-refractivity contribution < 1.29 is 4.74 Å². The van der Waals surface area contributed by atoms with Crippen LogP contribution in [-0.4, -0.2) is 26.9 Å². The van der Waals surface area contributed by atoms with E-state index in [0.717, 1.165) is 11.4 Å². The van der Waals surface area contributed by atoms with E-state index in [1.54, 1.807) is 17.9 Å². The van der Waals surface area contributed by atoms with Gasteiger partial charge in [0.15, 0.2) is 5.82 Å². The molecule has 18 heavy (non-hydrogen) atoms. The van der Waals surface area contributed by atoms with Crippen molar-refractivity contribution in [3.63, 3.8) is 0 Å². The maximum atomic E-state index is 6.01. The molecule has 2 heterocycles. The number of halogens is 1. The van der Waals surface area contributed by atoms with Gasteiger partial charge in [0.05, 0.1) is 5.69 Å². The number of hydrogen-bond donors (Lipinski definition) is 0. The molecule has 2 aromatic rings. The van der Waals surface area contributed by atoms with Gasteiger partial charge >= 0.3 is 0 Å². The Bertz CT molecular complexity index is 548. The molecular formula is C12H15ClN4O. The van der Waals surface area contributed by atoms with Crippen molar-refractivity contribution in [1.82, 2.24) is 19.7 Å². The smallest absolute Gasteiger partial charge is 0.159 e. The van der Waals surface area contributed by atoms with E-state index in [4.69, 9.17) is 16.3 Å². The first kappa shape index (κ1) is 13.0. The van der Waals surface area contributed by atoms with Crippen LogP contribution in [0.3, 0.4) is 0 Å². The van der Waals surface area contributed by atoms with Crippen molar-refractivity contribution in [2.45, 2.75) is 20.0 Å². The zero-order chi connectivity index (χ0) is 13.3. The SMILES string of the molecule is CO[C@@H](C)c1nc(Cl)cc(-c2cc(C)n(C)n2)n1. The third kappa shape index (κ3) is 2.52. The summed E-state index contributed by atoms with van der Waals surface area (Å²) < 4.78 is 7.00. The Hall–Kier alpha value is -1.46. The average Bonchev–Trinajstić information content (AvgIpc) is 2.68. The van der Waals surface area contributed by atoms with Crippen LogP contribution in [0.2, 0.25) is 5.15 Å². The first-order valence-corrected chi connectivity index (χ1v) is 5.97. The Morgan fingerprint density at radius 2 is 2.00 bits per heavy atom. The molecule has 6 heteroatoms. The molecule has 5 nitrogen and oxygen atoms in total. The molecule has 96 valence electrons. The van der Waals surface area contributed by atoms with Crippen LogP contribution in [0.15, 0.2) is 12.1 Å². The van der Waals surface area contributed by atoms with Gasteiger partial charge in [0.25, 0.3) is 0 Å². The van der Waals surface area contributed by atoms with Gasteiger partial charge in [-0.15, -0.1) is 0 Å². The number of aryl methyl sites for hydroxylation is 2. The van der Waals surface area contributed by atoms with Crippen LogP contribution in [0.4, 0.5) is 0 Å². The van der Waals surface area contributed by atoms with Gasteiger partial charge in [0.1, 0.15) is 17.0 Å². The van der Waals surface area contributed by atoms with Gasteiger partial charge in [0.2, 0.25) is 0 Å². The second-order valence-corrected chi connectivity index (χ2v) is 4.49. The molecule has 0 saturated heterocycles. The summed E-state index contributed by atoms with van der Waals surface area (Å²) in [7, 11) is 3.50. The Morgan fingerprint density at radius 1 is 1.28 bits per heavy atom. The fourth-order valence-corrected chi connectivity index (χ4v) is 1.73. The van der Waals surface area contributed by atoms with E-state index in [-0.39, 0.29) is 6.10 Å². The summed E-state index contributed by atoms with van der Waals surface area (Å²) in [4.78, 5) is 8.59. The first-order chi connectivity index (χ1) is 8.51. The lowest BCUT2D eigenvalue weighted by molar-refractivity contribution is 0.112. The highest BCUT2D eigenvalue weighted by Crippen LogP contribution is 2.22. The van der Waals surface area contributed by atoms with Gasteiger partial charge in [-0.1, -0.05) is 11.6 Å². The lowest BCUT2D eigenvalue weighted by Gasteiger charge is -2.09. The van der Waals surface area contributed by atoms with E-state index in [2.05, 4.69) is 15.1 Å². The summed E-state index contributed by atoms with van der Waals surface area (Å²) in [5.74, 6) is 0.559. The standard InChI is InChI=1S/C12H15ClN4O/c1-7-5-10(16-17(7)3)9-6-11(13)15-12(14-9)8(2)18-4/h5-6,8H,1-4H3/t8-/m0/s1. The average molecular weight is 267 g/mol. The van der Waals surface area contributed by atoms with Gasteiger partial charge in [-0.2, -0.15) is 5.10 Å². The number of rotatable bonds is 3. The predicted molar refractivity (Wildman–Crippen MR) is 69.4 cm³/mol. The van der Waals surface area contributed by atoms with Crippen LogP contribution in [0.25, 0.3) is 11.4 Å². The highest BCUT2D eigenvalue weighted by atomic mass is 35.5. The van der Waals surface area contributed by atoms with Crippen molar-refractivity contribution in [1.29, 1.82) is 0 Å². The fourth-order valence-electron chi connectivity index (χ4n) is 1.54. The largest absolute Gasteiger partial charge is 0.374 e. The van der Waals surface area contributed by atoms with Crippen LogP contribution in [0.1, 0.15) is 24.5 Å². The monoisotopic (exact) mass is 266 g/mol. The minimum Gasteiger partial charge on any atom is -0.374 e. The van der Waals surface area contributed by atoms with E-state index in [0.29, 0.717) is 16.7 Å². The van der Waals surface area contributed by atoms with Crippen LogP contribution >= 0.6 is 11.6 Å². The van der Waals surface area contributed by atoms with Gasteiger partial charge in [-0.25, -0.2) is 9.97 Å². The molecule has 2 aromatic heterocycles. The van der Waals surface area contributed by atoms with Crippen LogP contribution in [0, 0.1) is 6.92 Å². The molecule has 0 N–H and O–H groups in total. The Balaban J connectivity index is 2.47. The maximum absolute atomic E-state index is 6.01. The molecule has 0 aromatic carbocycles.